The van der Waals surface area contributed by atoms with Crippen LogP contribution in [0.2, 0.25) is 0 Å². The van der Waals surface area contributed by atoms with Crippen LogP contribution in [0.25, 0.3) is 0 Å². The van der Waals surface area contributed by atoms with Crippen molar-refractivity contribution in [1.29, 1.82) is 0 Å². The van der Waals surface area contributed by atoms with Crippen molar-refractivity contribution in [2.24, 2.45) is 9.98 Å². The maximum absolute atomic E-state index is 12.3. The van der Waals surface area contributed by atoms with E-state index in [4.69, 9.17) is 0 Å². The van der Waals surface area contributed by atoms with Crippen LogP contribution < -0.4 is 0 Å². The lowest BCUT2D eigenvalue weighted by molar-refractivity contribution is 0.395. The molecular formula is C6H8F2N2O. The van der Waals surface area contributed by atoms with E-state index in [1.54, 1.807) is 0 Å². The van der Waals surface area contributed by atoms with Crippen LogP contribution in [0.5, 0.6) is 0 Å². The van der Waals surface area contributed by atoms with E-state index in [1.165, 1.54) is 14.2 Å². The molecule has 0 heterocycles. The smallest absolute Gasteiger partial charge is 0.313 e. The van der Waals surface area contributed by atoms with Crippen molar-refractivity contribution in [1.82, 2.24) is 0 Å². The van der Waals surface area contributed by atoms with E-state index in [2.05, 4.69) is 21.3 Å². The quantitative estimate of drug-likeness (QED) is 0.424. The van der Waals surface area contributed by atoms with E-state index >= 15 is 0 Å². The van der Waals surface area contributed by atoms with Crippen LogP contribution in [0, 0.1) is 0 Å². The molecule has 0 radical (unpaired) electrons. The van der Waals surface area contributed by atoms with Gasteiger partial charge in [-0.1, -0.05) is 6.58 Å². The third-order valence-corrected chi connectivity index (χ3v) is 0.792. The van der Waals surface area contributed by atoms with Gasteiger partial charge in [-0.3, -0.25) is 0 Å². The number of ether oxygens (including phenoxy) is 1. The van der Waals surface area contributed by atoms with Gasteiger partial charge in [-0.25, -0.2) is 9.38 Å². The molecule has 0 aromatic carbocycles. The van der Waals surface area contributed by atoms with E-state index in [1.807, 2.05) is 0 Å². The summed E-state index contributed by atoms with van der Waals surface area (Å²) < 4.78 is 28.6. The van der Waals surface area contributed by atoms with Crippen LogP contribution in [-0.4, -0.2) is 26.1 Å². The van der Waals surface area contributed by atoms with E-state index in [-0.39, 0.29) is 6.02 Å². The molecular weight excluding hydrogens is 154 g/mol. The second-order valence-corrected chi connectivity index (χ2v) is 1.52. The van der Waals surface area contributed by atoms with Crippen LogP contribution >= 0.6 is 0 Å². The first-order valence-electron chi connectivity index (χ1n) is 2.71. The average Bonchev–Trinajstić information content (AvgIpc) is 1.99. The number of nitrogens with zero attached hydrogens (tertiary/aromatic N) is 2. The molecule has 0 bridgehead atoms. The highest BCUT2D eigenvalue weighted by Gasteiger charge is 2.03. The van der Waals surface area contributed by atoms with Crippen LogP contribution in [0.3, 0.4) is 0 Å². The number of halogens is 2. The Morgan fingerprint density at radius 1 is 1.45 bits per heavy atom. The largest absolute Gasteiger partial charge is 0.467 e. The fourth-order valence-corrected chi connectivity index (χ4v) is 0.332. The highest BCUT2D eigenvalue weighted by atomic mass is 19.2. The maximum atomic E-state index is 12.3. The van der Waals surface area contributed by atoms with E-state index < -0.39 is 11.8 Å². The maximum Gasteiger partial charge on any atom is 0.313 e. The number of hydrogen-bond acceptors (Lipinski definition) is 2. The molecule has 0 unspecified atom stereocenters. The number of amidine groups is 1. The first kappa shape index (κ1) is 9.74. The van der Waals surface area contributed by atoms with E-state index in [0.717, 1.165) is 0 Å². The number of rotatable bonds is 1. The molecule has 0 saturated carbocycles. The van der Waals surface area contributed by atoms with Gasteiger partial charge < -0.3 is 4.74 Å². The Bertz CT molecular complexity index is 211. The number of hydrogen-bond donors (Lipinski definition) is 0. The number of aliphatic imine (C=N–C) groups is 2. The highest BCUT2D eigenvalue weighted by molar-refractivity contribution is 5.97. The number of methoxy groups -OCH3 is 1. The SMILES string of the molecule is C=C(F)C(F)=NC(=NC)OC. The molecule has 0 rings (SSSR count). The number of allylic oxidation sites excluding steroid dienone is 1. The lowest BCUT2D eigenvalue weighted by Crippen LogP contribution is -2.01. The predicted octanol–water partition coefficient (Wildman–Crippen LogP) is 1.47. The van der Waals surface area contributed by atoms with Gasteiger partial charge in [0.05, 0.1) is 7.11 Å². The second kappa shape index (κ2) is 4.54. The highest BCUT2D eigenvalue weighted by Crippen LogP contribution is 1.98. The molecule has 0 aliphatic rings. The molecule has 0 aliphatic carbocycles. The summed E-state index contributed by atoms with van der Waals surface area (Å²) in [6, 6.07) is -0.235. The van der Waals surface area contributed by atoms with Gasteiger partial charge in [-0.15, -0.1) is 0 Å². The van der Waals surface area contributed by atoms with Crippen molar-refractivity contribution < 1.29 is 13.5 Å². The first-order chi connectivity index (χ1) is 5.11. The standard InChI is InChI=1S/C6H8F2N2O/c1-4(7)5(8)10-6(9-2)11-3/h1H2,2-3H3. The van der Waals surface area contributed by atoms with Gasteiger partial charge in [-0.2, -0.15) is 9.38 Å². The Kier molecular flexibility index (Phi) is 4.02. The zero-order valence-corrected chi connectivity index (χ0v) is 6.27. The topological polar surface area (TPSA) is 34.0 Å². The fourth-order valence-electron chi connectivity index (χ4n) is 0.332. The molecule has 5 heteroatoms. The zero-order chi connectivity index (χ0) is 8.85. The summed E-state index contributed by atoms with van der Waals surface area (Å²) in [6.45, 7) is 2.69. The molecule has 0 aromatic heterocycles. The molecule has 0 spiro atoms. The van der Waals surface area contributed by atoms with Crippen molar-refractivity contribution in [2.75, 3.05) is 14.2 Å². The molecule has 0 N–H and O–H groups in total. The third-order valence-electron chi connectivity index (χ3n) is 0.792. The van der Waals surface area contributed by atoms with Crippen LogP contribution in [0.1, 0.15) is 0 Å². The van der Waals surface area contributed by atoms with Crippen molar-refractivity contribution in [3.8, 4) is 0 Å². The Balaban J connectivity index is 4.40. The molecule has 0 atom stereocenters. The minimum absolute atomic E-state index is 0.235. The van der Waals surface area contributed by atoms with E-state index in [0.29, 0.717) is 0 Å². The summed E-state index contributed by atoms with van der Waals surface area (Å²) in [4.78, 5) is 6.40. The monoisotopic (exact) mass is 162 g/mol. The average molecular weight is 162 g/mol. The summed E-state index contributed by atoms with van der Waals surface area (Å²) in [5.74, 6) is -2.57. The van der Waals surface area contributed by atoms with Gasteiger partial charge in [0.1, 0.15) is 0 Å². The molecule has 0 aliphatic heterocycles. The lowest BCUT2D eigenvalue weighted by atomic mass is 10.6. The summed E-state index contributed by atoms with van der Waals surface area (Å²) in [7, 11) is 2.59. The second-order valence-electron chi connectivity index (χ2n) is 1.52. The summed E-state index contributed by atoms with van der Waals surface area (Å²) in [5, 5.41) is 0. The molecule has 62 valence electrons. The van der Waals surface area contributed by atoms with Gasteiger partial charge in [0, 0.05) is 7.05 Å². The molecule has 0 amide bonds. The molecule has 0 fully saturated rings. The van der Waals surface area contributed by atoms with Gasteiger partial charge in [-0.05, 0) is 0 Å². The Morgan fingerprint density at radius 3 is 2.27 bits per heavy atom. The first-order valence-corrected chi connectivity index (χ1v) is 2.71. The van der Waals surface area contributed by atoms with Crippen LogP contribution in [0.4, 0.5) is 8.78 Å². The molecule has 11 heavy (non-hydrogen) atoms. The summed E-state index contributed by atoms with van der Waals surface area (Å²) in [5.41, 5.74) is 0. The van der Waals surface area contributed by atoms with Crippen molar-refractivity contribution in [3.63, 3.8) is 0 Å². The van der Waals surface area contributed by atoms with Gasteiger partial charge >= 0.3 is 6.02 Å². The van der Waals surface area contributed by atoms with E-state index in [9.17, 15) is 8.78 Å². The Morgan fingerprint density at radius 2 is 2.00 bits per heavy atom. The van der Waals surface area contributed by atoms with Gasteiger partial charge in [0.2, 0.25) is 0 Å². The molecule has 0 aromatic rings. The van der Waals surface area contributed by atoms with Crippen LogP contribution in [-0.2, 0) is 4.74 Å². The van der Waals surface area contributed by atoms with Crippen molar-refractivity contribution in [2.45, 2.75) is 0 Å². The Hall–Kier alpha value is -1.26. The van der Waals surface area contributed by atoms with Gasteiger partial charge in [0.25, 0.3) is 5.97 Å². The summed E-state index contributed by atoms with van der Waals surface area (Å²) >= 11 is 0. The lowest BCUT2D eigenvalue weighted by Gasteiger charge is -1.95. The minimum Gasteiger partial charge on any atom is -0.467 e. The minimum atomic E-state index is -1.33. The predicted molar refractivity (Wildman–Crippen MR) is 39.2 cm³/mol. The van der Waals surface area contributed by atoms with Gasteiger partial charge in [0.15, 0.2) is 5.83 Å². The van der Waals surface area contributed by atoms with Crippen molar-refractivity contribution in [3.05, 3.63) is 12.4 Å². The normalized spacial score (nSPS) is 13.1. The molecule has 3 nitrogen and oxygen atoms in total. The third kappa shape index (κ3) is 3.44. The van der Waals surface area contributed by atoms with Crippen LogP contribution in [0.15, 0.2) is 22.4 Å². The van der Waals surface area contributed by atoms with Crippen molar-refractivity contribution >= 4 is 12.0 Å². The fraction of sp³-hybridized carbons (Fsp3) is 0.333. The zero-order valence-electron chi connectivity index (χ0n) is 6.27. The molecule has 0 saturated heterocycles. The summed E-state index contributed by atoms with van der Waals surface area (Å²) in [6.07, 6.45) is 0. The Labute approximate surface area is 63.1 Å².